The molecule has 2 N–H and O–H groups in total. The van der Waals surface area contributed by atoms with Crippen molar-refractivity contribution in [3.05, 3.63) is 18.3 Å². The molecule has 0 fully saturated rings. The lowest BCUT2D eigenvalue weighted by Gasteiger charge is -2.05. The third-order valence-corrected chi connectivity index (χ3v) is 1.15. The summed E-state index contributed by atoms with van der Waals surface area (Å²) in [6, 6.07) is 3.14. The van der Waals surface area contributed by atoms with Gasteiger partial charge in [-0.15, -0.1) is 0 Å². The van der Waals surface area contributed by atoms with Crippen molar-refractivity contribution < 1.29 is 13.5 Å². The fraction of sp³-hybridized carbons (Fsp3) is 0.286. The van der Waals surface area contributed by atoms with E-state index in [1.54, 1.807) is 6.07 Å². The number of halogens is 2. The smallest absolute Gasteiger partial charge is 0.272 e. The van der Waals surface area contributed by atoms with E-state index in [2.05, 4.69) is 9.72 Å². The van der Waals surface area contributed by atoms with Crippen LogP contribution in [-0.4, -0.2) is 18.0 Å². The van der Waals surface area contributed by atoms with Gasteiger partial charge in [0.25, 0.3) is 6.43 Å². The highest BCUT2D eigenvalue weighted by Crippen LogP contribution is 2.16. The van der Waals surface area contributed by atoms with Gasteiger partial charge in [-0.1, -0.05) is 0 Å². The molecule has 1 heterocycles. The van der Waals surface area contributed by atoms with E-state index < -0.39 is 13.0 Å². The van der Waals surface area contributed by atoms with Crippen LogP contribution in [0.25, 0.3) is 0 Å². The third kappa shape index (κ3) is 2.34. The van der Waals surface area contributed by atoms with Crippen molar-refractivity contribution in [1.82, 2.24) is 4.98 Å². The number of pyridine rings is 1. The Morgan fingerprint density at radius 1 is 1.58 bits per heavy atom. The van der Waals surface area contributed by atoms with Crippen molar-refractivity contribution in [3.63, 3.8) is 0 Å². The molecule has 0 saturated carbocycles. The summed E-state index contributed by atoms with van der Waals surface area (Å²) in [7, 11) is 0. The van der Waals surface area contributed by atoms with Crippen LogP contribution in [0.15, 0.2) is 18.3 Å². The maximum Gasteiger partial charge on any atom is 0.272 e. The number of nitrogens with two attached hydrogens (primary N) is 1. The van der Waals surface area contributed by atoms with Crippen molar-refractivity contribution in [3.8, 4) is 5.88 Å². The molecular formula is C7H8F2N2O. The van der Waals surface area contributed by atoms with Crippen LogP contribution in [0.2, 0.25) is 0 Å². The lowest BCUT2D eigenvalue weighted by molar-refractivity contribution is 0.0800. The minimum Gasteiger partial charge on any atom is -0.470 e. The van der Waals surface area contributed by atoms with Crippen LogP contribution in [0.5, 0.6) is 5.88 Å². The van der Waals surface area contributed by atoms with Gasteiger partial charge in [0.05, 0.1) is 5.69 Å². The average molecular weight is 174 g/mol. The molecule has 0 saturated heterocycles. The van der Waals surface area contributed by atoms with E-state index in [9.17, 15) is 8.78 Å². The molecule has 0 radical (unpaired) electrons. The molecule has 0 amide bonds. The predicted octanol–water partition coefficient (Wildman–Crippen LogP) is 1.31. The summed E-state index contributed by atoms with van der Waals surface area (Å²) in [5.41, 5.74) is 5.64. The van der Waals surface area contributed by atoms with E-state index in [0.29, 0.717) is 0 Å². The van der Waals surface area contributed by atoms with Crippen molar-refractivity contribution in [1.29, 1.82) is 0 Å². The summed E-state index contributed by atoms with van der Waals surface area (Å²) in [5.74, 6) is 0.0535. The van der Waals surface area contributed by atoms with E-state index >= 15 is 0 Å². The van der Waals surface area contributed by atoms with Crippen LogP contribution >= 0.6 is 0 Å². The number of nitrogen functional groups attached to an aromatic ring is 1. The highest BCUT2D eigenvalue weighted by atomic mass is 19.3. The Bertz CT molecular complexity index is 255. The van der Waals surface area contributed by atoms with E-state index in [4.69, 9.17) is 5.73 Å². The molecule has 0 aliphatic carbocycles. The second-order valence-corrected chi connectivity index (χ2v) is 2.10. The standard InChI is InChI=1S/C7H8F2N2O/c8-6(9)4-12-7-5(10)2-1-3-11-7/h1-3,6H,4,10H2. The fourth-order valence-corrected chi connectivity index (χ4v) is 0.666. The normalized spacial score (nSPS) is 10.2. The first-order chi connectivity index (χ1) is 5.70. The van der Waals surface area contributed by atoms with Crippen molar-refractivity contribution in [2.75, 3.05) is 12.3 Å². The van der Waals surface area contributed by atoms with Gasteiger partial charge in [0.1, 0.15) is 0 Å². The minimum absolute atomic E-state index is 0.0535. The van der Waals surface area contributed by atoms with Crippen molar-refractivity contribution >= 4 is 5.69 Å². The molecule has 0 spiro atoms. The highest BCUT2D eigenvalue weighted by molar-refractivity contribution is 5.46. The zero-order valence-electron chi connectivity index (χ0n) is 6.21. The first kappa shape index (κ1) is 8.70. The molecule has 0 aromatic carbocycles. The number of nitrogens with zero attached hydrogens (tertiary/aromatic N) is 1. The van der Waals surface area contributed by atoms with Crippen LogP contribution in [-0.2, 0) is 0 Å². The van der Waals surface area contributed by atoms with Crippen molar-refractivity contribution in [2.24, 2.45) is 0 Å². The minimum atomic E-state index is -2.51. The Kier molecular flexibility index (Phi) is 2.79. The van der Waals surface area contributed by atoms with Crippen LogP contribution in [0.1, 0.15) is 0 Å². The molecule has 0 aliphatic heterocycles. The molecule has 0 atom stereocenters. The van der Waals surface area contributed by atoms with Gasteiger partial charge in [-0.3, -0.25) is 0 Å². The number of anilines is 1. The average Bonchev–Trinajstić information content (AvgIpc) is 2.03. The van der Waals surface area contributed by atoms with Gasteiger partial charge in [0, 0.05) is 6.20 Å². The lowest BCUT2D eigenvalue weighted by atomic mass is 10.4. The molecule has 1 aromatic rings. The van der Waals surface area contributed by atoms with Crippen LogP contribution < -0.4 is 10.5 Å². The Balaban J connectivity index is 2.57. The van der Waals surface area contributed by atoms with E-state index in [-0.39, 0.29) is 11.6 Å². The second-order valence-electron chi connectivity index (χ2n) is 2.10. The van der Waals surface area contributed by atoms with Gasteiger partial charge in [0.2, 0.25) is 5.88 Å². The maximum absolute atomic E-state index is 11.7. The number of rotatable bonds is 3. The molecule has 12 heavy (non-hydrogen) atoms. The lowest BCUT2D eigenvalue weighted by Crippen LogP contribution is -2.09. The van der Waals surface area contributed by atoms with Crippen LogP contribution in [0.3, 0.4) is 0 Å². The Morgan fingerprint density at radius 2 is 2.33 bits per heavy atom. The summed E-state index contributed by atoms with van der Waals surface area (Å²) in [5, 5.41) is 0. The molecular weight excluding hydrogens is 166 g/mol. The molecule has 3 nitrogen and oxygen atoms in total. The largest absolute Gasteiger partial charge is 0.470 e. The van der Waals surface area contributed by atoms with Crippen LogP contribution in [0, 0.1) is 0 Å². The number of hydrogen-bond donors (Lipinski definition) is 1. The third-order valence-electron chi connectivity index (χ3n) is 1.15. The Hall–Kier alpha value is -1.39. The van der Waals surface area contributed by atoms with E-state index in [1.807, 2.05) is 0 Å². The second kappa shape index (κ2) is 3.85. The summed E-state index contributed by atoms with van der Waals surface area (Å²) < 4.78 is 27.9. The fourth-order valence-electron chi connectivity index (χ4n) is 0.666. The first-order valence-electron chi connectivity index (χ1n) is 3.31. The summed E-state index contributed by atoms with van der Waals surface area (Å²) in [6.45, 7) is -0.679. The summed E-state index contributed by atoms with van der Waals surface area (Å²) >= 11 is 0. The van der Waals surface area contributed by atoms with E-state index in [0.717, 1.165) is 0 Å². The zero-order valence-corrected chi connectivity index (χ0v) is 6.21. The quantitative estimate of drug-likeness (QED) is 0.751. The monoisotopic (exact) mass is 174 g/mol. The van der Waals surface area contributed by atoms with Gasteiger partial charge in [0.15, 0.2) is 6.61 Å². The van der Waals surface area contributed by atoms with Gasteiger partial charge < -0.3 is 10.5 Å². The molecule has 5 heteroatoms. The van der Waals surface area contributed by atoms with Gasteiger partial charge >= 0.3 is 0 Å². The number of aromatic nitrogens is 1. The number of alkyl halides is 2. The van der Waals surface area contributed by atoms with Gasteiger partial charge in [-0.2, -0.15) is 0 Å². The van der Waals surface area contributed by atoms with Crippen LogP contribution in [0.4, 0.5) is 14.5 Å². The zero-order chi connectivity index (χ0) is 8.97. The van der Waals surface area contributed by atoms with Gasteiger partial charge in [-0.25, -0.2) is 13.8 Å². The maximum atomic E-state index is 11.7. The van der Waals surface area contributed by atoms with Crippen molar-refractivity contribution in [2.45, 2.75) is 6.43 Å². The first-order valence-corrected chi connectivity index (χ1v) is 3.31. The topological polar surface area (TPSA) is 48.1 Å². The molecule has 66 valence electrons. The molecule has 0 bridgehead atoms. The molecule has 1 rings (SSSR count). The molecule has 0 aliphatic rings. The Morgan fingerprint density at radius 3 is 2.92 bits per heavy atom. The predicted molar refractivity (Wildman–Crippen MR) is 40.1 cm³/mol. The van der Waals surface area contributed by atoms with Gasteiger partial charge in [-0.05, 0) is 12.1 Å². The number of ether oxygens (including phenoxy) is 1. The molecule has 0 unspecified atom stereocenters. The van der Waals surface area contributed by atoms with E-state index in [1.165, 1.54) is 12.3 Å². The summed E-state index contributed by atoms with van der Waals surface area (Å²) in [6.07, 6.45) is -1.08. The molecule has 1 aromatic heterocycles. The SMILES string of the molecule is Nc1cccnc1OCC(F)F. The highest BCUT2D eigenvalue weighted by Gasteiger charge is 2.05. The Labute approximate surface area is 68.2 Å². The summed E-state index contributed by atoms with van der Waals surface area (Å²) in [4.78, 5) is 3.67. The number of hydrogen-bond acceptors (Lipinski definition) is 3.